The van der Waals surface area contributed by atoms with Gasteiger partial charge in [-0.15, -0.1) is 0 Å². The number of carboxylic acids is 1. The molecule has 0 aliphatic heterocycles. The van der Waals surface area contributed by atoms with Gasteiger partial charge in [-0.3, -0.25) is 4.79 Å². The number of hydrogen-bond donors (Lipinski definition) is 1. The lowest BCUT2D eigenvalue weighted by Gasteiger charge is -2.31. The van der Waals surface area contributed by atoms with Crippen LogP contribution in [0.1, 0.15) is 32.3 Å². The second-order valence-electron chi connectivity index (χ2n) is 5.31. The number of hydrogen-bond acceptors (Lipinski definition) is 3. The van der Waals surface area contributed by atoms with Gasteiger partial charge in [0.25, 0.3) is 0 Å². The van der Waals surface area contributed by atoms with Crippen LogP contribution in [-0.4, -0.2) is 42.2 Å². The van der Waals surface area contributed by atoms with Gasteiger partial charge in [0, 0.05) is 18.5 Å². The van der Waals surface area contributed by atoms with E-state index >= 15 is 0 Å². The highest BCUT2D eigenvalue weighted by Crippen LogP contribution is 2.21. The Morgan fingerprint density at radius 1 is 1.30 bits per heavy atom. The zero-order valence-corrected chi connectivity index (χ0v) is 12.8. The maximum absolute atomic E-state index is 10.6. The molecule has 4 heteroatoms. The Labute approximate surface area is 121 Å². The third-order valence-corrected chi connectivity index (χ3v) is 3.87. The summed E-state index contributed by atoms with van der Waals surface area (Å²) in [4.78, 5) is 12.9. The molecule has 0 saturated carbocycles. The lowest BCUT2D eigenvalue weighted by atomic mass is 10.0. The number of rotatable bonds is 8. The van der Waals surface area contributed by atoms with E-state index in [1.807, 2.05) is 25.2 Å². The molecule has 112 valence electrons. The van der Waals surface area contributed by atoms with Gasteiger partial charge >= 0.3 is 5.97 Å². The fourth-order valence-corrected chi connectivity index (χ4v) is 2.30. The largest absolute Gasteiger partial charge is 0.496 e. The predicted octanol–water partition coefficient (Wildman–Crippen LogP) is 2.81. The molecular weight excluding hydrogens is 254 g/mol. The van der Waals surface area contributed by atoms with Crippen molar-refractivity contribution in [2.24, 2.45) is 0 Å². The van der Waals surface area contributed by atoms with Crippen LogP contribution in [0.3, 0.4) is 0 Å². The van der Waals surface area contributed by atoms with Crippen molar-refractivity contribution >= 4 is 5.97 Å². The average Bonchev–Trinajstić information content (AvgIpc) is 2.44. The van der Waals surface area contributed by atoms with Gasteiger partial charge in [0.1, 0.15) is 5.75 Å². The molecule has 0 aliphatic carbocycles. The summed E-state index contributed by atoms with van der Waals surface area (Å²) < 4.78 is 5.37. The molecule has 0 aromatic heterocycles. The standard InChI is InChI=1S/C16H25NO3/c1-12(9-10-16(18)19)17(3)13(2)11-14-7-5-6-8-15(14)20-4/h5-8,12-13H,9-11H2,1-4H3,(H,18,19). The van der Waals surface area contributed by atoms with Crippen LogP contribution in [-0.2, 0) is 11.2 Å². The number of nitrogens with zero attached hydrogens (tertiary/aromatic N) is 1. The Morgan fingerprint density at radius 2 is 1.95 bits per heavy atom. The van der Waals surface area contributed by atoms with E-state index in [1.54, 1.807) is 7.11 Å². The molecule has 2 unspecified atom stereocenters. The molecule has 1 aromatic rings. The second kappa shape index (κ2) is 7.90. The van der Waals surface area contributed by atoms with E-state index in [0.717, 1.165) is 12.2 Å². The summed E-state index contributed by atoms with van der Waals surface area (Å²) in [5.41, 5.74) is 1.18. The SMILES string of the molecule is COc1ccccc1CC(C)N(C)C(C)CCC(=O)O. The van der Waals surface area contributed by atoms with Crippen molar-refractivity contribution in [2.45, 2.75) is 45.2 Å². The summed E-state index contributed by atoms with van der Waals surface area (Å²) in [5.74, 6) is 0.175. The Morgan fingerprint density at radius 3 is 2.55 bits per heavy atom. The highest BCUT2D eigenvalue weighted by molar-refractivity contribution is 5.66. The topological polar surface area (TPSA) is 49.8 Å². The molecule has 1 aromatic carbocycles. The number of carboxylic acid groups (broad SMARTS) is 1. The van der Waals surface area contributed by atoms with Crippen LogP contribution in [0.15, 0.2) is 24.3 Å². The van der Waals surface area contributed by atoms with Crippen molar-refractivity contribution in [3.05, 3.63) is 29.8 Å². The van der Waals surface area contributed by atoms with Gasteiger partial charge < -0.3 is 14.7 Å². The van der Waals surface area contributed by atoms with Crippen molar-refractivity contribution in [1.82, 2.24) is 4.90 Å². The molecule has 0 saturated heterocycles. The Balaban J connectivity index is 2.60. The van der Waals surface area contributed by atoms with Gasteiger partial charge in [-0.2, -0.15) is 0 Å². The molecule has 0 radical (unpaired) electrons. The lowest BCUT2D eigenvalue weighted by molar-refractivity contribution is -0.137. The molecule has 0 bridgehead atoms. The van der Waals surface area contributed by atoms with Crippen LogP contribution in [0.25, 0.3) is 0 Å². The summed E-state index contributed by atoms with van der Waals surface area (Å²) in [6, 6.07) is 8.59. The van der Waals surface area contributed by atoms with Gasteiger partial charge in [0.15, 0.2) is 0 Å². The first-order valence-corrected chi connectivity index (χ1v) is 7.01. The van der Waals surface area contributed by atoms with Crippen LogP contribution >= 0.6 is 0 Å². The van der Waals surface area contributed by atoms with Crippen LogP contribution in [0.4, 0.5) is 0 Å². The fraction of sp³-hybridized carbons (Fsp3) is 0.562. The van der Waals surface area contributed by atoms with Gasteiger partial charge in [-0.05, 0) is 45.4 Å². The van der Waals surface area contributed by atoms with Crippen LogP contribution in [0.2, 0.25) is 0 Å². The first kappa shape index (κ1) is 16.5. The van der Waals surface area contributed by atoms with Crippen LogP contribution in [0, 0.1) is 0 Å². The number of benzene rings is 1. The molecule has 4 nitrogen and oxygen atoms in total. The summed E-state index contributed by atoms with van der Waals surface area (Å²) in [6.07, 6.45) is 1.77. The van der Waals surface area contributed by atoms with Crippen molar-refractivity contribution in [3.8, 4) is 5.75 Å². The van der Waals surface area contributed by atoms with Gasteiger partial charge in [0.2, 0.25) is 0 Å². The van der Waals surface area contributed by atoms with E-state index in [9.17, 15) is 4.79 Å². The van der Waals surface area contributed by atoms with E-state index in [1.165, 1.54) is 5.56 Å². The van der Waals surface area contributed by atoms with Crippen LogP contribution in [0.5, 0.6) is 5.75 Å². The highest BCUT2D eigenvalue weighted by atomic mass is 16.5. The van der Waals surface area contributed by atoms with E-state index in [2.05, 4.69) is 24.8 Å². The minimum Gasteiger partial charge on any atom is -0.496 e. The number of ether oxygens (including phenoxy) is 1. The molecule has 1 N–H and O–H groups in total. The van der Waals surface area contributed by atoms with E-state index in [0.29, 0.717) is 12.5 Å². The first-order chi connectivity index (χ1) is 9.45. The maximum atomic E-state index is 10.6. The van der Waals surface area contributed by atoms with Crippen molar-refractivity contribution in [3.63, 3.8) is 0 Å². The number of para-hydroxylation sites is 1. The molecular formula is C16H25NO3. The van der Waals surface area contributed by atoms with Gasteiger partial charge in [0.05, 0.1) is 7.11 Å². The molecule has 0 heterocycles. The molecule has 0 amide bonds. The summed E-state index contributed by atoms with van der Waals surface area (Å²) in [7, 11) is 3.73. The Bertz CT molecular complexity index is 433. The van der Waals surface area contributed by atoms with Crippen molar-refractivity contribution < 1.29 is 14.6 Å². The summed E-state index contributed by atoms with van der Waals surface area (Å²) >= 11 is 0. The number of carbonyl (C=O) groups is 1. The molecule has 0 aliphatic rings. The Hall–Kier alpha value is -1.55. The molecule has 0 fully saturated rings. The van der Waals surface area contributed by atoms with Crippen molar-refractivity contribution in [2.75, 3.05) is 14.2 Å². The average molecular weight is 279 g/mol. The molecule has 0 spiro atoms. The van der Waals surface area contributed by atoms with Crippen molar-refractivity contribution in [1.29, 1.82) is 0 Å². The normalized spacial score (nSPS) is 14.1. The fourth-order valence-electron chi connectivity index (χ4n) is 2.30. The van der Waals surface area contributed by atoms with Gasteiger partial charge in [-0.1, -0.05) is 18.2 Å². The maximum Gasteiger partial charge on any atom is 0.303 e. The first-order valence-electron chi connectivity index (χ1n) is 7.01. The Kier molecular flexibility index (Phi) is 6.52. The minimum atomic E-state index is -0.734. The van der Waals surface area contributed by atoms with Crippen LogP contribution < -0.4 is 4.74 Å². The minimum absolute atomic E-state index is 0.215. The van der Waals surface area contributed by atoms with E-state index < -0.39 is 5.97 Å². The number of aliphatic carboxylic acids is 1. The zero-order chi connectivity index (χ0) is 15.1. The highest BCUT2D eigenvalue weighted by Gasteiger charge is 2.18. The summed E-state index contributed by atoms with van der Waals surface area (Å²) in [6.45, 7) is 4.23. The molecule has 1 rings (SSSR count). The molecule has 2 atom stereocenters. The number of likely N-dealkylation sites (N-methyl/N-ethyl adjacent to an activating group) is 1. The lowest BCUT2D eigenvalue weighted by Crippen LogP contribution is -2.38. The second-order valence-corrected chi connectivity index (χ2v) is 5.31. The van der Waals surface area contributed by atoms with E-state index in [4.69, 9.17) is 9.84 Å². The third kappa shape index (κ3) is 4.85. The quantitative estimate of drug-likeness (QED) is 0.795. The van der Waals surface area contributed by atoms with E-state index in [-0.39, 0.29) is 12.5 Å². The zero-order valence-electron chi connectivity index (χ0n) is 12.8. The predicted molar refractivity (Wildman–Crippen MR) is 80.3 cm³/mol. The third-order valence-electron chi connectivity index (χ3n) is 3.87. The smallest absolute Gasteiger partial charge is 0.303 e. The van der Waals surface area contributed by atoms with Gasteiger partial charge in [-0.25, -0.2) is 0 Å². The number of methoxy groups -OCH3 is 1. The summed E-state index contributed by atoms with van der Waals surface area (Å²) in [5, 5.41) is 8.75. The molecule has 20 heavy (non-hydrogen) atoms. The monoisotopic (exact) mass is 279 g/mol.